The van der Waals surface area contributed by atoms with Crippen LogP contribution in [0, 0.1) is 5.82 Å². The number of halogens is 1. The summed E-state index contributed by atoms with van der Waals surface area (Å²) in [6.07, 6.45) is 1.50. The molecule has 1 aliphatic heterocycles. The van der Waals surface area contributed by atoms with Crippen molar-refractivity contribution in [2.45, 2.75) is 13.2 Å². The smallest absolute Gasteiger partial charge is 0.283 e. The predicted octanol–water partition coefficient (Wildman–Crippen LogP) is 4.42. The van der Waals surface area contributed by atoms with Gasteiger partial charge in [0.25, 0.3) is 11.8 Å². The monoisotopic (exact) mass is 391 g/mol. The van der Waals surface area contributed by atoms with Gasteiger partial charge in [-0.15, -0.1) is 10.2 Å². The van der Waals surface area contributed by atoms with Crippen LogP contribution < -0.4 is 5.32 Å². The Bertz CT molecular complexity index is 1200. The molecule has 0 fully saturated rings. The molecule has 0 saturated carbocycles. The summed E-state index contributed by atoms with van der Waals surface area (Å²) in [6, 6.07) is 12.9. The fourth-order valence-corrected chi connectivity index (χ4v) is 3.10. The van der Waals surface area contributed by atoms with Crippen LogP contribution in [0.3, 0.4) is 0 Å². The Kier molecular flexibility index (Phi) is 4.18. The number of rotatable bonds is 4. The van der Waals surface area contributed by atoms with Crippen molar-refractivity contribution in [2.24, 2.45) is 0 Å². The molecule has 5 rings (SSSR count). The molecule has 1 N–H and O–H groups in total. The summed E-state index contributed by atoms with van der Waals surface area (Å²) < 4.78 is 30.5. The first-order valence-corrected chi connectivity index (χ1v) is 8.85. The van der Waals surface area contributed by atoms with Gasteiger partial charge in [-0.2, -0.15) is 0 Å². The summed E-state index contributed by atoms with van der Waals surface area (Å²) in [5, 5.41) is 10.5. The van der Waals surface area contributed by atoms with Crippen LogP contribution in [0.1, 0.15) is 21.5 Å². The fraction of sp³-hybridized carbons (Fsp3) is 0.0952. The highest BCUT2D eigenvalue weighted by atomic mass is 19.1. The number of nitrogens with one attached hydrogen (secondary N) is 1. The number of carbonyl (C=O) groups is 1. The van der Waals surface area contributed by atoms with Crippen LogP contribution in [0.15, 0.2) is 63.6 Å². The van der Waals surface area contributed by atoms with Crippen molar-refractivity contribution in [1.29, 1.82) is 0 Å². The molecule has 0 bridgehead atoms. The number of nitrogens with zero attached hydrogens (tertiary/aromatic N) is 2. The fourth-order valence-electron chi connectivity index (χ4n) is 3.10. The highest BCUT2D eigenvalue weighted by Gasteiger charge is 2.17. The van der Waals surface area contributed by atoms with Crippen LogP contribution in [-0.2, 0) is 18.0 Å². The quantitative estimate of drug-likeness (QED) is 0.554. The number of hydrogen-bond donors (Lipinski definition) is 1. The normalized spacial score (nSPS) is 12.7. The van der Waals surface area contributed by atoms with Crippen molar-refractivity contribution >= 4 is 11.6 Å². The molecule has 0 saturated heterocycles. The topological polar surface area (TPSA) is 90.4 Å². The third-order valence-electron chi connectivity index (χ3n) is 4.60. The summed E-state index contributed by atoms with van der Waals surface area (Å²) in [5.41, 5.74) is 2.93. The SMILES string of the molecule is O=C(Nc1cc(-c2nnc(-c3ccco3)o2)ccc1F)c1ccc2c(c1)COC2. The third kappa shape index (κ3) is 3.30. The molecule has 0 unspecified atom stereocenters. The van der Waals surface area contributed by atoms with Crippen LogP contribution in [0.4, 0.5) is 10.1 Å². The molecular weight excluding hydrogens is 377 g/mol. The summed E-state index contributed by atoms with van der Waals surface area (Å²) in [5.74, 6) is -0.170. The molecule has 7 nitrogen and oxygen atoms in total. The number of ether oxygens (including phenoxy) is 1. The standard InChI is InChI=1S/C21H14FN3O4/c22-16-6-5-13(20-24-25-21(29-20)18-2-1-7-28-18)9-17(16)23-19(26)12-3-4-14-10-27-11-15(14)8-12/h1-9H,10-11H2,(H,23,26). The average molecular weight is 391 g/mol. The van der Waals surface area contributed by atoms with E-state index in [0.29, 0.717) is 30.1 Å². The van der Waals surface area contributed by atoms with Gasteiger partial charge in [0.1, 0.15) is 5.82 Å². The van der Waals surface area contributed by atoms with Gasteiger partial charge >= 0.3 is 0 Å². The zero-order valence-corrected chi connectivity index (χ0v) is 15.0. The molecule has 2 aromatic carbocycles. The van der Waals surface area contributed by atoms with E-state index in [9.17, 15) is 9.18 Å². The summed E-state index contributed by atoms with van der Waals surface area (Å²) >= 11 is 0. The van der Waals surface area contributed by atoms with Gasteiger partial charge in [-0.05, 0) is 53.6 Å². The zero-order chi connectivity index (χ0) is 19.8. The van der Waals surface area contributed by atoms with Crippen molar-refractivity contribution in [2.75, 3.05) is 5.32 Å². The lowest BCUT2D eigenvalue weighted by Crippen LogP contribution is -2.13. The number of anilines is 1. The summed E-state index contributed by atoms with van der Waals surface area (Å²) in [4.78, 5) is 12.6. The highest BCUT2D eigenvalue weighted by Crippen LogP contribution is 2.28. The molecule has 0 spiro atoms. The van der Waals surface area contributed by atoms with Crippen LogP contribution in [0.25, 0.3) is 23.1 Å². The zero-order valence-electron chi connectivity index (χ0n) is 15.0. The number of furan rings is 1. The lowest BCUT2D eigenvalue weighted by atomic mass is 10.1. The molecule has 1 aliphatic rings. The van der Waals surface area contributed by atoms with Gasteiger partial charge in [0, 0.05) is 11.1 Å². The Balaban J connectivity index is 1.40. The van der Waals surface area contributed by atoms with E-state index in [4.69, 9.17) is 13.6 Å². The molecule has 4 aromatic rings. The van der Waals surface area contributed by atoms with E-state index in [-0.39, 0.29) is 17.5 Å². The molecule has 3 heterocycles. The van der Waals surface area contributed by atoms with Gasteiger partial charge < -0.3 is 18.9 Å². The molecule has 0 atom stereocenters. The number of carbonyl (C=O) groups excluding carboxylic acids is 1. The maximum absolute atomic E-state index is 14.3. The summed E-state index contributed by atoms with van der Waals surface area (Å²) in [6.45, 7) is 1.01. The lowest BCUT2D eigenvalue weighted by Gasteiger charge is -2.08. The lowest BCUT2D eigenvalue weighted by molar-refractivity contribution is 0.102. The van der Waals surface area contributed by atoms with E-state index in [1.165, 1.54) is 24.5 Å². The van der Waals surface area contributed by atoms with Crippen LogP contribution in [-0.4, -0.2) is 16.1 Å². The van der Waals surface area contributed by atoms with Gasteiger partial charge in [0.05, 0.1) is 25.2 Å². The van der Waals surface area contributed by atoms with Crippen molar-refractivity contribution in [1.82, 2.24) is 10.2 Å². The minimum atomic E-state index is -0.572. The van der Waals surface area contributed by atoms with Crippen LogP contribution in [0.2, 0.25) is 0 Å². The molecule has 2 aromatic heterocycles. The Morgan fingerprint density at radius 1 is 1.00 bits per heavy atom. The largest absolute Gasteiger partial charge is 0.459 e. The second-order valence-corrected chi connectivity index (χ2v) is 6.51. The second-order valence-electron chi connectivity index (χ2n) is 6.51. The first-order valence-electron chi connectivity index (χ1n) is 8.85. The molecule has 0 aliphatic carbocycles. The van der Waals surface area contributed by atoms with E-state index in [2.05, 4.69) is 15.5 Å². The second kappa shape index (κ2) is 6.99. The van der Waals surface area contributed by atoms with Gasteiger partial charge in [0.2, 0.25) is 5.89 Å². The molecule has 144 valence electrons. The molecule has 8 heteroatoms. The van der Waals surface area contributed by atoms with Gasteiger partial charge in [-0.3, -0.25) is 4.79 Å². The van der Waals surface area contributed by atoms with Crippen molar-refractivity contribution in [3.8, 4) is 23.1 Å². The first kappa shape index (κ1) is 17.3. The van der Waals surface area contributed by atoms with Crippen molar-refractivity contribution in [3.05, 3.63) is 77.3 Å². The molecular formula is C21H14FN3O4. The maximum atomic E-state index is 14.3. The van der Waals surface area contributed by atoms with Gasteiger partial charge in [-0.1, -0.05) is 6.07 Å². The molecule has 29 heavy (non-hydrogen) atoms. The highest BCUT2D eigenvalue weighted by molar-refractivity contribution is 6.04. The molecule has 0 radical (unpaired) electrons. The van der Waals surface area contributed by atoms with E-state index >= 15 is 0 Å². The summed E-state index contributed by atoms with van der Waals surface area (Å²) in [7, 11) is 0. The minimum Gasteiger partial charge on any atom is -0.459 e. The Morgan fingerprint density at radius 3 is 2.72 bits per heavy atom. The number of hydrogen-bond acceptors (Lipinski definition) is 6. The molecule has 1 amide bonds. The van der Waals surface area contributed by atoms with Crippen molar-refractivity contribution < 1.29 is 22.8 Å². The third-order valence-corrected chi connectivity index (χ3v) is 4.60. The predicted molar refractivity (Wildman–Crippen MR) is 100 cm³/mol. The maximum Gasteiger partial charge on any atom is 0.283 e. The van der Waals surface area contributed by atoms with Crippen LogP contribution in [0.5, 0.6) is 0 Å². The van der Waals surface area contributed by atoms with E-state index < -0.39 is 11.7 Å². The Hall–Kier alpha value is -3.78. The number of fused-ring (bicyclic) bond motifs is 1. The number of aromatic nitrogens is 2. The van der Waals surface area contributed by atoms with E-state index in [1.807, 2.05) is 6.07 Å². The first-order chi connectivity index (χ1) is 14.2. The van der Waals surface area contributed by atoms with Crippen molar-refractivity contribution in [3.63, 3.8) is 0 Å². The van der Waals surface area contributed by atoms with Gasteiger partial charge in [-0.25, -0.2) is 4.39 Å². The number of amides is 1. The van der Waals surface area contributed by atoms with Gasteiger partial charge in [0.15, 0.2) is 5.76 Å². The average Bonchev–Trinajstić information content (AvgIpc) is 3.49. The van der Waals surface area contributed by atoms with Crippen LogP contribution >= 0.6 is 0 Å². The van der Waals surface area contributed by atoms with E-state index in [1.54, 1.807) is 24.3 Å². The number of benzene rings is 2. The Morgan fingerprint density at radius 2 is 1.86 bits per heavy atom. The van der Waals surface area contributed by atoms with E-state index in [0.717, 1.165) is 11.1 Å². The minimum absolute atomic E-state index is 0.0157. The Labute approximate surface area is 164 Å².